The zero-order chi connectivity index (χ0) is 16.5. The van der Waals surface area contributed by atoms with Crippen LogP contribution in [0, 0.1) is 33.5 Å². The first-order valence-electron chi connectivity index (χ1n) is 9.44. The number of hydrogen-bond donors (Lipinski definition) is 3. The SMILES string of the molecule is C[C@]1(CO)[C@@H]2CC[C@@]34C=C[C@@](CO)(CC[C@@H]3[C@@]2(C)CC[C@@H]1O)C4. The lowest BCUT2D eigenvalue weighted by molar-refractivity contribution is -0.195. The number of hydrogen-bond acceptors (Lipinski definition) is 3. The molecule has 130 valence electrons. The second kappa shape index (κ2) is 4.83. The molecule has 0 heterocycles. The van der Waals surface area contributed by atoms with Crippen LogP contribution in [0.3, 0.4) is 0 Å². The highest BCUT2D eigenvalue weighted by atomic mass is 16.3. The number of allylic oxidation sites excluding steroid dienone is 1. The predicted molar refractivity (Wildman–Crippen MR) is 89.7 cm³/mol. The van der Waals surface area contributed by atoms with Crippen molar-refractivity contribution < 1.29 is 15.3 Å². The molecule has 0 amide bonds. The third-order valence-corrected chi connectivity index (χ3v) is 8.73. The summed E-state index contributed by atoms with van der Waals surface area (Å²) in [5.41, 5.74) is 0.132. The van der Waals surface area contributed by atoms with Crippen molar-refractivity contribution in [3.63, 3.8) is 0 Å². The molecule has 4 aliphatic carbocycles. The first-order valence-corrected chi connectivity index (χ1v) is 9.44. The van der Waals surface area contributed by atoms with Gasteiger partial charge in [-0.2, -0.15) is 0 Å². The maximum absolute atomic E-state index is 10.6. The standard InChI is InChI=1S/C20H32O3/c1-17-6-5-16(23)18(2,12-21)14(17)4-8-20-10-9-19(11-20,13-22)7-3-15(17)20/h9-10,14-16,21-23H,3-8,11-13H2,1-2H3/t14-,15-,16+,17+,18+,19+,20+/m1/s1. The molecule has 3 N–H and O–H groups in total. The first-order chi connectivity index (χ1) is 10.8. The quantitative estimate of drug-likeness (QED) is 0.686. The van der Waals surface area contributed by atoms with Crippen LogP contribution in [0.4, 0.5) is 0 Å². The van der Waals surface area contributed by atoms with Gasteiger partial charge in [0.15, 0.2) is 0 Å². The molecule has 1 spiro atoms. The van der Waals surface area contributed by atoms with E-state index in [-0.39, 0.29) is 41.0 Å². The smallest absolute Gasteiger partial charge is 0.0618 e. The topological polar surface area (TPSA) is 60.7 Å². The van der Waals surface area contributed by atoms with E-state index < -0.39 is 0 Å². The summed E-state index contributed by atoms with van der Waals surface area (Å²) in [4.78, 5) is 0. The van der Waals surface area contributed by atoms with Crippen molar-refractivity contribution in [3.8, 4) is 0 Å². The summed E-state index contributed by atoms with van der Waals surface area (Å²) in [5, 5.41) is 30.5. The fourth-order valence-electron chi connectivity index (χ4n) is 7.41. The van der Waals surface area contributed by atoms with Gasteiger partial charge in [-0.15, -0.1) is 0 Å². The molecule has 3 fully saturated rings. The predicted octanol–water partition coefficient (Wildman–Crippen LogP) is 2.89. The van der Waals surface area contributed by atoms with Crippen molar-refractivity contribution in [2.75, 3.05) is 13.2 Å². The van der Waals surface area contributed by atoms with Gasteiger partial charge in [0, 0.05) is 10.8 Å². The third kappa shape index (κ3) is 1.88. The van der Waals surface area contributed by atoms with Gasteiger partial charge in [0.05, 0.1) is 19.3 Å². The van der Waals surface area contributed by atoms with Gasteiger partial charge in [0.1, 0.15) is 0 Å². The van der Waals surface area contributed by atoms with E-state index in [9.17, 15) is 15.3 Å². The Morgan fingerprint density at radius 2 is 1.65 bits per heavy atom. The van der Waals surface area contributed by atoms with Crippen molar-refractivity contribution in [2.45, 2.75) is 64.9 Å². The highest BCUT2D eigenvalue weighted by Crippen LogP contribution is 2.71. The van der Waals surface area contributed by atoms with Crippen LogP contribution in [0.15, 0.2) is 12.2 Å². The summed E-state index contributed by atoms with van der Waals surface area (Å²) in [6, 6.07) is 0. The van der Waals surface area contributed by atoms with E-state index in [1.54, 1.807) is 0 Å². The van der Waals surface area contributed by atoms with Gasteiger partial charge < -0.3 is 15.3 Å². The van der Waals surface area contributed by atoms with E-state index in [4.69, 9.17) is 0 Å². The van der Waals surface area contributed by atoms with Crippen LogP contribution in [-0.4, -0.2) is 34.6 Å². The normalized spacial score (nSPS) is 57.9. The van der Waals surface area contributed by atoms with Crippen molar-refractivity contribution >= 4 is 0 Å². The number of aliphatic hydroxyl groups is 3. The largest absolute Gasteiger partial charge is 0.396 e. The van der Waals surface area contributed by atoms with Crippen LogP contribution in [0.25, 0.3) is 0 Å². The highest BCUT2D eigenvalue weighted by molar-refractivity contribution is 5.26. The van der Waals surface area contributed by atoms with E-state index in [2.05, 4.69) is 26.0 Å². The van der Waals surface area contributed by atoms with Crippen LogP contribution in [0.1, 0.15) is 58.8 Å². The van der Waals surface area contributed by atoms with Gasteiger partial charge in [0.2, 0.25) is 0 Å². The third-order valence-electron chi connectivity index (χ3n) is 8.73. The average Bonchev–Trinajstić information content (AvgIpc) is 2.83. The lowest BCUT2D eigenvalue weighted by atomic mass is 9.40. The molecule has 23 heavy (non-hydrogen) atoms. The van der Waals surface area contributed by atoms with Crippen LogP contribution < -0.4 is 0 Å². The van der Waals surface area contributed by atoms with Gasteiger partial charge in [-0.05, 0) is 67.6 Å². The molecule has 0 aromatic heterocycles. The molecule has 7 atom stereocenters. The van der Waals surface area contributed by atoms with Crippen LogP contribution >= 0.6 is 0 Å². The van der Waals surface area contributed by atoms with Gasteiger partial charge in [-0.1, -0.05) is 26.0 Å². The summed E-state index contributed by atoms with van der Waals surface area (Å²) < 4.78 is 0. The van der Waals surface area contributed by atoms with Crippen molar-refractivity contribution in [1.82, 2.24) is 0 Å². The highest BCUT2D eigenvalue weighted by Gasteiger charge is 2.65. The molecule has 3 saturated carbocycles. The fourth-order valence-corrected chi connectivity index (χ4v) is 7.41. The summed E-state index contributed by atoms with van der Waals surface area (Å²) >= 11 is 0. The Balaban J connectivity index is 1.72. The monoisotopic (exact) mass is 320 g/mol. The van der Waals surface area contributed by atoms with Gasteiger partial charge in [-0.25, -0.2) is 0 Å². The Morgan fingerprint density at radius 3 is 2.35 bits per heavy atom. The fraction of sp³-hybridized carbons (Fsp3) is 0.900. The van der Waals surface area contributed by atoms with Gasteiger partial charge in [0.25, 0.3) is 0 Å². The molecule has 0 saturated heterocycles. The molecule has 0 aliphatic heterocycles. The second-order valence-electron chi connectivity index (χ2n) is 9.67. The van der Waals surface area contributed by atoms with Crippen molar-refractivity contribution in [1.29, 1.82) is 0 Å². The zero-order valence-electron chi connectivity index (χ0n) is 14.6. The Labute approximate surface area is 139 Å². The minimum absolute atomic E-state index is 0.0359. The Hall–Kier alpha value is -0.380. The Bertz CT molecular complexity index is 531. The Kier molecular flexibility index (Phi) is 3.38. The van der Waals surface area contributed by atoms with E-state index in [1.165, 1.54) is 6.42 Å². The van der Waals surface area contributed by atoms with Crippen molar-refractivity contribution in [3.05, 3.63) is 12.2 Å². The van der Waals surface area contributed by atoms with Crippen LogP contribution in [-0.2, 0) is 0 Å². The second-order valence-corrected chi connectivity index (χ2v) is 9.67. The summed E-state index contributed by atoms with van der Waals surface area (Å²) in [6.45, 7) is 4.90. The van der Waals surface area contributed by atoms with E-state index in [1.807, 2.05) is 0 Å². The number of aliphatic hydroxyl groups excluding tert-OH is 3. The molecule has 3 heteroatoms. The maximum Gasteiger partial charge on any atom is 0.0618 e. The van der Waals surface area contributed by atoms with E-state index in [0.29, 0.717) is 11.8 Å². The first kappa shape index (κ1) is 16.1. The molecule has 0 aromatic carbocycles. The molecule has 4 rings (SSSR count). The molecule has 4 aliphatic rings. The zero-order valence-corrected chi connectivity index (χ0v) is 14.6. The van der Waals surface area contributed by atoms with E-state index >= 15 is 0 Å². The summed E-state index contributed by atoms with van der Waals surface area (Å²) in [6.07, 6.45) is 11.9. The molecule has 0 radical (unpaired) electrons. The maximum atomic E-state index is 10.6. The minimum atomic E-state index is -0.376. The Morgan fingerprint density at radius 1 is 0.913 bits per heavy atom. The summed E-state index contributed by atoms with van der Waals surface area (Å²) in [7, 11) is 0. The lowest BCUT2D eigenvalue weighted by Gasteiger charge is -2.65. The van der Waals surface area contributed by atoms with Gasteiger partial charge in [-0.3, -0.25) is 0 Å². The lowest BCUT2D eigenvalue weighted by Crippen LogP contribution is -2.61. The van der Waals surface area contributed by atoms with Crippen LogP contribution in [0.2, 0.25) is 0 Å². The minimum Gasteiger partial charge on any atom is -0.396 e. The molecule has 2 bridgehead atoms. The molecule has 0 aromatic rings. The van der Waals surface area contributed by atoms with E-state index in [0.717, 1.165) is 38.5 Å². The average molecular weight is 320 g/mol. The van der Waals surface area contributed by atoms with Crippen LogP contribution in [0.5, 0.6) is 0 Å². The number of rotatable bonds is 2. The molecular weight excluding hydrogens is 288 g/mol. The van der Waals surface area contributed by atoms with Gasteiger partial charge >= 0.3 is 0 Å². The van der Waals surface area contributed by atoms with Crippen molar-refractivity contribution in [2.24, 2.45) is 33.5 Å². The molecule has 0 unspecified atom stereocenters. The summed E-state index contributed by atoms with van der Waals surface area (Å²) in [5.74, 6) is 1.03. The number of fused-ring (bicyclic) bond motifs is 3. The molecule has 3 nitrogen and oxygen atoms in total. The molecular formula is C20H32O3.